The summed E-state index contributed by atoms with van der Waals surface area (Å²) in [6.07, 6.45) is -0.139. The predicted molar refractivity (Wildman–Crippen MR) is 82.1 cm³/mol. The van der Waals surface area contributed by atoms with E-state index in [-0.39, 0.29) is 5.75 Å². The van der Waals surface area contributed by atoms with Crippen molar-refractivity contribution in [1.29, 1.82) is 0 Å². The van der Waals surface area contributed by atoms with Gasteiger partial charge in [-0.3, -0.25) is 0 Å². The Hall–Kier alpha value is -2.04. The molecule has 0 aliphatic rings. The van der Waals surface area contributed by atoms with Crippen molar-refractivity contribution < 1.29 is 14.9 Å². The number of phenolic OH excluding ortho intramolecular Hbond substituents is 1. The van der Waals surface area contributed by atoms with Gasteiger partial charge in [0.05, 0.1) is 12.1 Å². The minimum absolute atomic E-state index is 0.0422. The van der Waals surface area contributed by atoms with E-state index in [1.54, 1.807) is 12.1 Å². The highest BCUT2D eigenvalue weighted by Crippen LogP contribution is 2.30. The number of hydrogen-bond donors (Lipinski definition) is 3. The van der Waals surface area contributed by atoms with Crippen LogP contribution in [0.3, 0.4) is 0 Å². The van der Waals surface area contributed by atoms with Gasteiger partial charge in [0.25, 0.3) is 0 Å². The van der Waals surface area contributed by atoms with Crippen molar-refractivity contribution in [2.75, 3.05) is 0 Å². The number of aromatic hydroxyl groups is 1. The molecule has 0 bridgehead atoms. The summed E-state index contributed by atoms with van der Waals surface area (Å²) in [5.74, 6) is 0.610. The van der Waals surface area contributed by atoms with Crippen molar-refractivity contribution in [3.05, 3.63) is 59.7 Å². The number of aliphatic hydroxyl groups is 1. The second-order valence-electron chi connectivity index (χ2n) is 5.00. The van der Waals surface area contributed by atoms with Gasteiger partial charge in [0, 0.05) is 11.6 Å². The summed E-state index contributed by atoms with van der Waals surface area (Å²) in [5.41, 5.74) is 7.49. The fraction of sp³-hybridized carbons (Fsp3) is 0.294. The van der Waals surface area contributed by atoms with Crippen LogP contribution in [0.2, 0.25) is 0 Å². The van der Waals surface area contributed by atoms with E-state index in [2.05, 4.69) is 0 Å². The van der Waals surface area contributed by atoms with E-state index in [0.29, 0.717) is 24.3 Å². The van der Waals surface area contributed by atoms with Gasteiger partial charge in [-0.1, -0.05) is 37.3 Å². The van der Waals surface area contributed by atoms with Crippen LogP contribution in [0.1, 0.15) is 30.5 Å². The first-order valence-corrected chi connectivity index (χ1v) is 7.05. The predicted octanol–water partition coefficient (Wildman–Crippen LogP) is 2.74. The van der Waals surface area contributed by atoms with Gasteiger partial charge in [-0.05, 0) is 24.1 Å². The van der Waals surface area contributed by atoms with E-state index in [9.17, 15) is 10.2 Å². The lowest BCUT2D eigenvalue weighted by Crippen LogP contribution is -2.25. The summed E-state index contributed by atoms with van der Waals surface area (Å²) in [6, 6.07) is 14.2. The van der Waals surface area contributed by atoms with Crippen molar-refractivity contribution in [2.24, 2.45) is 5.73 Å². The Morgan fingerprint density at radius 1 is 1.14 bits per heavy atom. The standard InChI is InChI=1S/C17H21NO3/c1-2-15(19)17(18)14-9-8-13(10-16(14)20)21-11-12-6-4-3-5-7-12/h3-10,15,17,19-20H,2,11,18H2,1H3/t15-,17+/m1/s1. The summed E-state index contributed by atoms with van der Waals surface area (Å²) in [4.78, 5) is 0. The average molecular weight is 287 g/mol. The topological polar surface area (TPSA) is 75.7 Å². The zero-order chi connectivity index (χ0) is 15.2. The zero-order valence-corrected chi connectivity index (χ0v) is 12.1. The fourth-order valence-electron chi connectivity index (χ4n) is 2.10. The molecule has 0 unspecified atom stereocenters. The maximum absolute atomic E-state index is 10.0. The molecule has 2 rings (SSSR count). The van der Waals surface area contributed by atoms with Crippen LogP contribution in [0.5, 0.6) is 11.5 Å². The molecule has 0 aromatic heterocycles. The van der Waals surface area contributed by atoms with Gasteiger partial charge in [-0.2, -0.15) is 0 Å². The quantitative estimate of drug-likeness (QED) is 0.763. The Kier molecular flexibility index (Phi) is 5.20. The van der Waals surface area contributed by atoms with E-state index in [4.69, 9.17) is 10.5 Å². The van der Waals surface area contributed by atoms with Crippen molar-refractivity contribution in [3.63, 3.8) is 0 Å². The van der Waals surface area contributed by atoms with Gasteiger partial charge >= 0.3 is 0 Å². The van der Waals surface area contributed by atoms with E-state index < -0.39 is 12.1 Å². The molecule has 4 heteroatoms. The molecule has 0 aliphatic carbocycles. The summed E-state index contributed by atoms with van der Waals surface area (Å²) in [6.45, 7) is 2.28. The molecule has 21 heavy (non-hydrogen) atoms. The number of ether oxygens (including phenoxy) is 1. The third-order valence-corrected chi connectivity index (χ3v) is 3.44. The van der Waals surface area contributed by atoms with Crippen molar-refractivity contribution in [2.45, 2.75) is 32.1 Å². The number of hydrogen-bond acceptors (Lipinski definition) is 4. The molecule has 112 valence electrons. The minimum Gasteiger partial charge on any atom is -0.507 e. The number of rotatable bonds is 6. The summed E-state index contributed by atoms with van der Waals surface area (Å²) in [5, 5.41) is 19.8. The Labute approximate surface area is 124 Å². The van der Waals surface area contributed by atoms with E-state index in [0.717, 1.165) is 5.56 Å². The third-order valence-electron chi connectivity index (χ3n) is 3.44. The molecule has 0 saturated heterocycles. The second-order valence-corrected chi connectivity index (χ2v) is 5.00. The number of benzene rings is 2. The third kappa shape index (κ3) is 3.97. The Morgan fingerprint density at radius 3 is 2.48 bits per heavy atom. The highest BCUT2D eigenvalue weighted by Gasteiger charge is 2.18. The highest BCUT2D eigenvalue weighted by atomic mass is 16.5. The van der Waals surface area contributed by atoms with Gasteiger partial charge in [0.2, 0.25) is 0 Å². The smallest absolute Gasteiger partial charge is 0.124 e. The Morgan fingerprint density at radius 2 is 1.86 bits per heavy atom. The lowest BCUT2D eigenvalue weighted by molar-refractivity contribution is 0.139. The summed E-state index contributed by atoms with van der Waals surface area (Å²) in [7, 11) is 0. The van der Waals surface area contributed by atoms with Crippen molar-refractivity contribution in [1.82, 2.24) is 0 Å². The monoisotopic (exact) mass is 287 g/mol. The molecule has 4 N–H and O–H groups in total. The Balaban J connectivity index is 2.05. The minimum atomic E-state index is -0.674. The normalized spacial score (nSPS) is 13.7. The van der Waals surface area contributed by atoms with Gasteiger partial charge in [0.15, 0.2) is 0 Å². The Bertz CT molecular complexity index is 572. The van der Waals surface area contributed by atoms with E-state index in [1.807, 2.05) is 37.3 Å². The maximum atomic E-state index is 10.0. The zero-order valence-electron chi connectivity index (χ0n) is 12.1. The average Bonchev–Trinajstić information content (AvgIpc) is 2.52. The molecule has 0 spiro atoms. The molecule has 0 amide bonds. The van der Waals surface area contributed by atoms with Gasteiger partial charge in [0.1, 0.15) is 18.1 Å². The molecule has 0 heterocycles. The van der Waals surface area contributed by atoms with Crippen LogP contribution < -0.4 is 10.5 Å². The summed E-state index contributed by atoms with van der Waals surface area (Å²) >= 11 is 0. The van der Waals surface area contributed by atoms with Crippen LogP contribution in [0.4, 0.5) is 0 Å². The van der Waals surface area contributed by atoms with Crippen molar-refractivity contribution >= 4 is 0 Å². The molecule has 0 aliphatic heterocycles. The summed E-state index contributed by atoms with van der Waals surface area (Å²) < 4.78 is 5.63. The molecular formula is C17H21NO3. The van der Waals surface area contributed by atoms with Crippen LogP contribution in [0.25, 0.3) is 0 Å². The second kappa shape index (κ2) is 7.11. The van der Waals surface area contributed by atoms with Crippen molar-refractivity contribution in [3.8, 4) is 11.5 Å². The van der Waals surface area contributed by atoms with Crippen LogP contribution in [0.15, 0.2) is 48.5 Å². The molecule has 2 aromatic carbocycles. The lowest BCUT2D eigenvalue weighted by Gasteiger charge is -2.19. The van der Waals surface area contributed by atoms with Crippen LogP contribution in [-0.2, 0) is 6.61 Å². The first-order chi connectivity index (χ1) is 10.1. The SMILES string of the molecule is CC[C@@H](O)[C@@H](N)c1ccc(OCc2ccccc2)cc1O. The highest BCUT2D eigenvalue weighted by molar-refractivity contribution is 5.41. The fourth-order valence-corrected chi connectivity index (χ4v) is 2.10. The van der Waals surface area contributed by atoms with Gasteiger partial charge in [-0.25, -0.2) is 0 Å². The maximum Gasteiger partial charge on any atom is 0.124 e. The lowest BCUT2D eigenvalue weighted by atomic mass is 9.99. The largest absolute Gasteiger partial charge is 0.507 e. The molecule has 2 aromatic rings. The number of phenols is 1. The number of aliphatic hydroxyl groups excluding tert-OH is 1. The molecule has 2 atom stereocenters. The number of nitrogens with two attached hydrogens (primary N) is 1. The first kappa shape index (κ1) is 15.4. The van der Waals surface area contributed by atoms with Gasteiger partial charge < -0.3 is 20.7 Å². The van der Waals surface area contributed by atoms with Crippen LogP contribution in [-0.4, -0.2) is 16.3 Å². The molecule has 0 fully saturated rings. The molecule has 0 radical (unpaired) electrons. The molecular weight excluding hydrogens is 266 g/mol. The molecule has 4 nitrogen and oxygen atoms in total. The first-order valence-electron chi connectivity index (χ1n) is 7.05. The van der Waals surface area contributed by atoms with Gasteiger partial charge in [-0.15, -0.1) is 0 Å². The van der Waals surface area contributed by atoms with Crippen LogP contribution in [0, 0.1) is 0 Å². The molecule has 0 saturated carbocycles. The van der Waals surface area contributed by atoms with Crippen LogP contribution >= 0.6 is 0 Å². The van der Waals surface area contributed by atoms with E-state index in [1.165, 1.54) is 6.07 Å². The van der Waals surface area contributed by atoms with E-state index >= 15 is 0 Å².